The van der Waals surface area contributed by atoms with Crippen molar-refractivity contribution in [3.8, 4) is 0 Å². The molecule has 3 aromatic rings. The van der Waals surface area contributed by atoms with E-state index in [0.29, 0.717) is 18.7 Å². The summed E-state index contributed by atoms with van der Waals surface area (Å²) >= 11 is 0. The Kier molecular flexibility index (Phi) is 4.23. The molecule has 5 heterocycles. The van der Waals surface area contributed by atoms with E-state index in [9.17, 15) is 9.90 Å². The molecule has 0 spiro atoms. The minimum atomic E-state index is -0.836. The van der Waals surface area contributed by atoms with Gasteiger partial charge < -0.3 is 20.5 Å². The summed E-state index contributed by atoms with van der Waals surface area (Å²) in [5, 5.41) is 14.5. The molecule has 3 aliphatic heterocycles. The first-order valence-electron chi connectivity index (χ1n) is 11.5. The first-order chi connectivity index (χ1) is 15.8. The summed E-state index contributed by atoms with van der Waals surface area (Å²) in [6.07, 6.45) is 3.30. The average molecular weight is 448 g/mol. The smallest absolute Gasteiger partial charge is 0.226 e. The summed E-state index contributed by atoms with van der Waals surface area (Å²) in [5.41, 5.74) is 8.52. The number of benzene rings is 1. The first-order valence-corrected chi connectivity index (χ1v) is 11.5. The highest BCUT2D eigenvalue weighted by molar-refractivity contribution is 5.84. The van der Waals surface area contributed by atoms with E-state index in [1.807, 2.05) is 13.1 Å². The molecule has 3 saturated heterocycles. The number of carbonyl (C=O) groups is 1. The van der Waals surface area contributed by atoms with Gasteiger partial charge in [-0.2, -0.15) is 0 Å². The van der Waals surface area contributed by atoms with Gasteiger partial charge in [0.2, 0.25) is 5.91 Å². The van der Waals surface area contributed by atoms with Crippen molar-refractivity contribution in [2.75, 3.05) is 24.6 Å². The number of amides is 1. The van der Waals surface area contributed by atoms with Gasteiger partial charge in [0.05, 0.1) is 29.5 Å². The first kappa shape index (κ1) is 20.6. The number of aromatic nitrogens is 3. The number of fused-ring (bicyclic) bond motifs is 2. The topological polar surface area (TPSA) is 106 Å². The molecule has 0 radical (unpaired) electrons. The number of carbonyl (C=O) groups excluding carboxylic acids is 1. The van der Waals surface area contributed by atoms with Crippen molar-refractivity contribution in [3.05, 3.63) is 59.5 Å². The predicted molar refractivity (Wildman–Crippen MR) is 123 cm³/mol. The van der Waals surface area contributed by atoms with Gasteiger partial charge in [-0.25, -0.2) is 9.50 Å². The van der Waals surface area contributed by atoms with Crippen molar-refractivity contribution in [2.45, 2.75) is 50.2 Å². The lowest BCUT2D eigenvalue weighted by molar-refractivity contribution is -0.134. The summed E-state index contributed by atoms with van der Waals surface area (Å²) in [5.74, 6) is 0.0417. The number of nitrogens with two attached hydrogens (primary N) is 1. The average Bonchev–Trinajstić information content (AvgIpc) is 3.53. The lowest BCUT2D eigenvalue weighted by atomic mass is 9.59. The molecule has 1 aliphatic carbocycles. The Morgan fingerprint density at radius 1 is 1.30 bits per heavy atom. The van der Waals surface area contributed by atoms with Crippen molar-refractivity contribution in [3.63, 3.8) is 0 Å². The van der Waals surface area contributed by atoms with Gasteiger partial charge in [0.25, 0.3) is 0 Å². The molecule has 4 fully saturated rings. The van der Waals surface area contributed by atoms with Crippen LogP contribution in [-0.2, 0) is 14.9 Å². The maximum Gasteiger partial charge on any atom is 0.226 e. The SMILES string of the molecule is Cc1cc(N2CC[C@](C)(c3ccccc3)C2)cn2nc(C3OC4(CO)CC3(C(N)=O)C4)nc12. The Balaban J connectivity index is 1.32. The zero-order valence-corrected chi connectivity index (χ0v) is 19.0. The number of aliphatic hydroxyl groups excluding tert-OH is 1. The van der Waals surface area contributed by atoms with Crippen LogP contribution >= 0.6 is 0 Å². The molecule has 1 aromatic carbocycles. The van der Waals surface area contributed by atoms with E-state index < -0.39 is 23.0 Å². The summed E-state index contributed by atoms with van der Waals surface area (Å²) in [6.45, 7) is 6.11. The Labute approximate surface area is 192 Å². The maximum atomic E-state index is 12.3. The van der Waals surface area contributed by atoms with E-state index in [4.69, 9.17) is 20.6 Å². The Hall–Kier alpha value is -2.97. The molecule has 3 N–H and O–H groups in total. The van der Waals surface area contributed by atoms with Gasteiger partial charge in [0.1, 0.15) is 6.10 Å². The molecular formula is C25H29N5O3. The van der Waals surface area contributed by atoms with Crippen molar-refractivity contribution in [1.29, 1.82) is 0 Å². The predicted octanol–water partition coefficient (Wildman–Crippen LogP) is 2.27. The van der Waals surface area contributed by atoms with E-state index in [1.165, 1.54) is 5.56 Å². The third-order valence-electron chi connectivity index (χ3n) is 8.09. The summed E-state index contributed by atoms with van der Waals surface area (Å²) < 4.78 is 7.89. The number of aryl methyl sites for hydroxylation is 1. The second-order valence-electron chi connectivity index (χ2n) is 10.4. The van der Waals surface area contributed by atoms with E-state index in [0.717, 1.165) is 36.4 Å². The molecule has 33 heavy (non-hydrogen) atoms. The van der Waals surface area contributed by atoms with Gasteiger partial charge >= 0.3 is 0 Å². The molecule has 172 valence electrons. The van der Waals surface area contributed by atoms with Crippen LogP contribution in [0, 0.1) is 12.3 Å². The zero-order valence-electron chi connectivity index (χ0n) is 19.0. The molecular weight excluding hydrogens is 418 g/mol. The summed E-state index contributed by atoms with van der Waals surface area (Å²) in [4.78, 5) is 19.4. The number of primary amides is 1. The fraction of sp³-hybridized carbons (Fsp3) is 0.480. The van der Waals surface area contributed by atoms with E-state index in [-0.39, 0.29) is 12.0 Å². The zero-order chi connectivity index (χ0) is 23.0. The van der Waals surface area contributed by atoms with Crippen LogP contribution in [0.2, 0.25) is 0 Å². The molecule has 1 unspecified atom stereocenters. The van der Waals surface area contributed by atoms with Crippen LogP contribution < -0.4 is 10.6 Å². The quantitative estimate of drug-likeness (QED) is 0.622. The number of ether oxygens (including phenoxy) is 1. The monoisotopic (exact) mass is 447 g/mol. The van der Waals surface area contributed by atoms with Crippen molar-refractivity contribution < 1.29 is 14.6 Å². The Morgan fingerprint density at radius 3 is 2.76 bits per heavy atom. The molecule has 1 amide bonds. The lowest BCUT2D eigenvalue weighted by Gasteiger charge is -2.41. The highest BCUT2D eigenvalue weighted by atomic mass is 16.5. The highest BCUT2D eigenvalue weighted by Crippen LogP contribution is 2.66. The summed E-state index contributed by atoms with van der Waals surface area (Å²) in [7, 11) is 0. The molecule has 2 aromatic heterocycles. The third kappa shape index (κ3) is 2.87. The van der Waals surface area contributed by atoms with Gasteiger partial charge in [0.15, 0.2) is 11.5 Å². The number of rotatable bonds is 5. The number of hydrogen-bond donors (Lipinski definition) is 2. The van der Waals surface area contributed by atoms with Gasteiger partial charge in [-0.15, -0.1) is 5.10 Å². The fourth-order valence-electron chi connectivity index (χ4n) is 6.17. The fourth-order valence-corrected chi connectivity index (χ4v) is 6.17. The number of anilines is 1. The van der Waals surface area contributed by atoms with Gasteiger partial charge in [-0.05, 0) is 43.4 Å². The summed E-state index contributed by atoms with van der Waals surface area (Å²) in [6, 6.07) is 12.8. The van der Waals surface area contributed by atoms with Crippen LogP contribution in [0.4, 0.5) is 5.69 Å². The minimum absolute atomic E-state index is 0.100. The van der Waals surface area contributed by atoms with Crippen molar-refractivity contribution in [2.24, 2.45) is 11.1 Å². The van der Waals surface area contributed by atoms with Crippen LogP contribution in [0.1, 0.15) is 49.2 Å². The minimum Gasteiger partial charge on any atom is -0.393 e. The third-order valence-corrected chi connectivity index (χ3v) is 8.09. The molecule has 8 heteroatoms. The van der Waals surface area contributed by atoms with Crippen LogP contribution in [0.5, 0.6) is 0 Å². The normalized spacial score (nSPS) is 32.9. The number of hydrogen-bond acceptors (Lipinski definition) is 6. The van der Waals surface area contributed by atoms with Crippen LogP contribution in [-0.4, -0.2) is 50.9 Å². The second-order valence-corrected chi connectivity index (χ2v) is 10.4. The molecule has 1 saturated carbocycles. The standard InChI is InChI=1S/C25H29N5O3/c1-16-10-18(29-9-8-23(2,14-29)17-6-4-3-5-7-17)11-30-21(16)27-20(28-30)19-25(22(26)32)12-24(13-25,15-31)33-19/h3-7,10-11,19,31H,8-9,12-15H2,1-2H3,(H2,26,32)/t19?,23-,24?,25?/m0/s1. The highest BCUT2D eigenvalue weighted by Gasteiger charge is 2.72. The van der Waals surface area contributed by atoms with Crippen LogP contribution in [0.25, 0.3) is 5.65 Å². The van der Waals surface area contributed by atoms with Crippen molar-refractivity contribution in [1.82, 2.24) is 14.6 Å². The number of nitrogens with zero attached hydrogens (tertiary/aromatic N) is 4. The Bertz CT molecular complexity index is 1250. The Morgan fingerprint density at radius 2 is 2.06 bits per heavy atom. The van der Waals surface area contributed by atoms with E-state index >= 15 is 0 Å². The molecule has 2 bridgehead atoms. The van der Waals surface area contributed by atoms with Gasteiger partial charge in [0, 0.05) is 18.5 Å². The van der Waals surface area contributed by atoms with Gasteiger partial charge in [-0.1, -0.05) is 37.3 Å². The maximum absolute atomic E-state index is 12.3. The number of aliphatic hydroxyl groups is 1. The van der Waals surface area contributed by atoms with Crippen LogP contribution in [0.15, 0.2) is 42.6 Å². The van der Waals surface area contributed by atoms with E-state index in [2.05, 4.69) is 48.2 Å². The number of pyridine rings is 1. The van der Waals surface area contributed by atoms with Crippen LogP contribution in [0.3, 0.4) is 0 Å². The molecule has 2 atom stereocenters. The second kappa shape index (κ2) is 6.77. The lowest BCUT2D eigenvalue weighted by Crippen LogP contribution is -2.53. The molecule has 8 nitrogen and oxygen atoms in total. The van der Waals surface area contributed by atoms with Crippen molar-refractivity contribution >= 4 is 17.2 Å². The molecule has 7 rings (SSSR count). The van der Waals surface area contributed by atoms with E-state index in [1.54, 1.807) is 4.52 Å². The largest absolute Gasteiger partial charge is 0.393 e. The molecule has 4 aliphatic rings. The van der Waals surface area contributed by atoms with Gasteiger partial charge in [-0.3, -0.25) is 4.79 Å².